The monoisotopic (exact) mass is 592 g/mol. The molecule has 0 spiro atoms. The quantitative estimate of drug-likeness (QED) is 0.200. The van der Waals surface area contributed by atoms with E-state index in [0.717, 1.165) is 100 Å². The fourth-order valence-corrected chi connectivity index (χ4v) is 7.63. The van der Waals surface area contributed by atoms with Crippen molar-refractivity contribution >= 4 is 77.0 Å². The molecular weight excluding hydrogens is 568 g/mol. The molecule has 1 atom stereocenters. The summed E-state index contributed by atoms with van der Waals surface area (Å²) in [7, 11) is 0. The second-order valence-electron chi connectivity index (χ2n) is 12.3. The first-order valence-corrected chi connectivity index (χ1v) is 15.7. The first kappa shape index (κ1) is 24.3. The molecule has 1 aliphatic heterocycles. The third-order valence-electron chi connectivity index (χ3n) is 9.79. The molecule has 1 unspecified atom stereocenters. The van der Waals surface area contributed by atoms with Crippen molar-refractivity contribution in [3.63, 3.8) is 0 Å². The van der Waals surface area contributed by atoms with Crippen LogP contribution in [0, 0.1) is 0 Å². The number of benzene rings is 6. The smallest absolute Gasteiger partial charge is 0.143 e. The van der Waals surface area contributed by atoms with Gasteiger partial charge in [-0.05, 0) is 53.6 Å². The van der Waals surface area contributed by atoms with Gasteiger partial charge in [0.15, 0.2) is 0 Å². The van der Waals surface area contributed by atoms with Crippen molar-refractivity contribution in [2.45, 2.75) is 12.5 Å². The minimum absolute atomic E-state index is 0.0713. The highest BCUT2D eigenvalue weighted by molar-refractivity contribution is 6.18. The maximum Gasteiger partial charge on any atom is 0.143 e. The zero-order valence-corrected chi connectivity index (χ0v) is 24.5. The summed E-state index contributed by atoms with van der Waals surface area (Å²) in [4.78, 5) is 0. The second-order valence-corrected chi connectivity index (χ2v) is 12.3. The fourth-order valence-electron chi connectivity index (χ4n) is 7.63. The van der Waals surface area contributed by atoms with Gasteiger partial charge >= 0.3 is 0 Å². The minimum atomic E-state index is 0.0713. The number of allylic oxidation sites excluding steroid dienone is 2. The van der Waals surface area contributed by atoms with Crippen molar-refractivity contribution in [2.75, 3.05) is 0 Å². The number of furan rings is 3. The summed E-state index contributed by atoms with van der Waals surface area (Å²) in [5.74, 6) is 0.962. The number of hydrogen-bond acceptors (Lipinski definition) is 4. The van der Waals surface area contributed by atoms with E-state index >= 15 is 0 Å². The van der Waals surface area contributed by atoms with Crippen LogP contribution >= 0.6 is 0 Å². The van der Waals surface area contributed by atoms with Crippen LogP contribution < -0.4 is 4.74 Å². The van der Waals surface area contributed by atoms with Crippen LogP contribution in [0.3, 0.4) is 0 Å². The van der Waals surface area contributed by atoms with Crippen LogP contribution in [0.15, 0.2) is 141 Å². The molecule has 0 radical (unpaired) electrons. The van der Waals surface area contributed by atoms with Gasteiger partial charge in [0, 0.05) is 61.0 Å². The number of hydrogen-bond donors (Lipinski definition) is 0. The van der Waals surface area contributed by atoms with Crippen molar-refractivity contribution < 1.29 is 18.0 Å². The second kappa shape index (κ2) is 8.80. The van der Waals surface area contributed by atoms with Crippen LogP contribution in [-0.4, -0.2) is 6.10 Å². The van der Waals surface area contributed by atoms with Crippen molar-refractivity contribution in [2.24, 2.45) is 0 Å². The highest BCUT2D eigenvalue weighted by Gasteiger charge is 2.30. The Morgan fingerprint density at radius 1 is 0.478 bits per heavy atom. The van der Waals surface area contributed by atoms with Crippen molar-refractivity contribution in [3.05, 3.63) is 139 Å². The molecule has 46 heavy (non-hydrogen) atoms. The SMILES string of the molecule is C1=C(c2cccc3c2oc2cc4c(cc23)oc2c(-c3ccc5oc6ccccc6c5c3)cccc24)C=C2c3ccccc3OC2C1. The van der Waals surface area contributed by atoms with Gasteiger partial charge in [-0.15, -0.1) is 0 Å². The molecule has 0 fully saturated rings. The van der Waals surface area contributed by atoms with Crippen LogP contribution in [-0.2, 0) is 0 Å². The molecule has 4 heteroatoms. The molecule has 3 aromatic heterocycles. The number of ether oxygens (including phenoxy) is 1. The molecule has 9 aromatic rings. The molecule has 6 aromatic carbocycles. The largest absolute Gasteiger partial charge is 0.485 e. The Bertz CT molecular complexity index is 2820. The molecule has 2 aliphatic rings. The molecule has 0 amide bonds. The number of rotatable bonds is 2. The Morgan fingerprint density at radius 2 is 1.13 bits per heavy atom. The molecule has 0 saturated carbocycles. The van der Waals surface area contributed by atoms with E-state index in [4.69, 9.17) is 18.0 Å². The van der Waals surface area contributed by atoms with Crippen LogP contribution in [0.25, 0.3) is 88.1 Å². The van der Waals surface area contributed by atoms with E-state index in [9.17, 15) is 0 Å². The van der Waals surface area contributed by atoms with Crippen molar-refractivity contribution in [1.82, 2.24) is 0 Å². The molecule has 0 N–H and O–H groups in total. The Labute approximate surface area is 262 Å². The summed E-state index contributed by atoms with van der Waals surface area (Å²) < 4.78 is 25.7. The minimum Gasteiger partial charge on any atom is -0.485 e. The summed E-state index contributed by atoms with van der Waals surface area (Å²) in [5.41, 5.74) is 12.1. The van der Waals surface area contributed by atoms with Crippen molar-refractivity contribution in [3.8, 4) is 16.9 Å². The van der Waals surface area contributed by atoms with E-state index in [-0.39, 0.29) is 6.10 Å². The Hall–Kier alpha value is -6.00. The normalized spacial score (nSPS) is 16.0. The van der Waals surface area contributed by atoms with E-state index in [1.807, 2.05) is 18.2 Å². The zero-order chi connectivity index (χ0) is 29.9. The molecule has 0 bridgehead atoms. The topological polar surface area (TPSA) is 48.7 Å². The third kappa shape index (κ3) is 3.28. The molecule has 0 saturated heterocycles. The fraction of sp³-hybridized carbons (Fsp3) is 0.0476. The average Bonchev–Trinajstić information content (AvgIpc) is 3.86. The van der Waals surface area contributed by atoms with Crippen LogP contribution in [0.2, 0.25) is 0 Å². The molecule has 1 aliphatic carbocycles. The van der Waals surface area contributed by atoms with E-state index in [1.165, 1.54) is 11.1 Å². The van der Waals surface area contributed by atoms with Gasteiger partial charge in [-0.1, -0.05) is 84.9 Å². The van der Waals surface area contributed by atoms with Gasteiger partial charge in [0.2, 0.25) is 0 Å². The highest BCUT2D eigenvalue weighted by Crippen LogP contribution is 2.46. The summed E-state index contributed by atoms with van der Waals surface area (Å²) in [5, 5.41) is 6.46. The van der Waals surface area contributed by atoms with Gasteiger partial charge in [-0.2, -0.15) is 0 Å². The van der Waals surface area contributed by atoms with Gasteiger partial charge in [0.25, 0.3) is 0 Å². The van der Waals surface area contributed by atoms with E-state index in [2.05, 4.69) is 109 Å². The highest BCUT2D eigenvalue weighted by atomic mass is 16.5. The molecule has 216 valence electrons. The van der Waals surface area contributed by atoms with Gasteiger partial charge in [0.05, 0.1) is 0 Å². The van der Waals surface area contributed by atoms with Crippen LogP contribution in [0.1, 0.15) is 17.5 Å². The lowest BCUT2D eigenvalue weighted by Crippen LogP contribution is -2.13. The third-order valence-corrected chi connectivity index (χ3v) is 9.79. The molecule has 4 heterocycles. The number of para-hydroxylation sites is 4. The summed E-state index contributed by atoms with van der Waals surface area (Å²) in [6.07, 6.45) is 5.44. The van der Waals surface area contributed by atoms with E-state index < -0.39 is 0 Å². The predicted molar refractivity (Wildman–Crippen MR) is 185 cm³/mol. The Morgan fingerprint density at radius 3 is 1.98 bits per heavy atom. The first-order chi connectivity index (χ1) is 22.8. The van der Waals surface area contributed by atoms with Crippen LogP contribution in [0.5, 0.6) is 5.75 Å². The summed E-state index contributed by atoms with van der Waals surface area (Å²) in [6, 6.07) is 39.9. The lowest BCUT2D eigenvalue weighted by atomic mass is 9.89. The van der Waals surface area contributed by atoms with Gasteiger partial charge in [0.1, 0.15) is 45.4 Å². The zero-order valence-electron chi connectivity index (χ0n) is 24.5. The lowest BCUT2D eigenvalue weighted by molar-refractivity contribution is 0.279. The van der Waals surface area contributed by atoms with Crippen LogP contribution in [0.4, 0.5) is 0 Å². The van der Waals surface area contributed by atoms with E-state index in [1.54, 1.807) is 0 Å². The maximum absolute atomic E-state index is 6.69. The summed E-state index contributed by atoms with van der Waals surface area (Å²) >= 11 is 0. The molecule has 4 nitrogen and oxygen atoms in total. The lowest BCUT2D eigenvalue weighted by Gasteiger charge is -2.17. The first-order valence-electron chi connectivity index (χ1n) is 15.7. The van der Waals surface area contributed by atoms with Gasteiger partial charge in [-0.25, -0.2) is 0 Å². The molecular formula is C42H24O4. The van der Waals surface area contributed by atoms with Gasteiger partial charge < -0.3 is 18.0 Å². The van der Waals surface area contributed by atoms with Crippen molar-refractivity contribution in [1.29, 1.82) is 0 Å². The maximum atomic E-state index is 6.69. The average molecular weight is 593 g/mol. The molecule has 11 rings (SSSR count). The Balaban J connectivity index is 1.06. The predicted octanol–water partition coefficient (Wildman–Crippen LogP) is 11.7. The van der Waals surface area contributed by atoms with Gasteiger partial charge in [-0.3, -0.25) is 0 Å². The standard InChI is InChI=1S/C42H24O4/c1-3-13-35-27(7-1)31-19-23(15-17-37(31)43-35)25-9-5-11-29-33-21-40-34(22-39(33)45-41(25)29)30-12-6-10-26(42(30)46-40)24-16-18-38-32(20-24)28-8-2-4-14-36(28)44-38/h1-17,19-22,38H,18H2. The van der Waals surface area contributed by atoms with E-state index in [0.29, 0.717) is 0 Å². The number of fused-ring (bicyclic) bond motifs is 12. The Kier molecular flexibility index (Phi) is 4.66. The summed E-state index contributed by atoms with van der Waals surface area (Å²) in [6.45, 7) is 0.